The minimum atomic E-state index is 0.125. The molecule has 3 aromatic rings. The molecule has 0 spiro atoms. The quantitative estimate of drug-likeness (QED) is 0.429. The van der Waals surface area contributed by atoms with Gasteiger partial charge in [-0.15, -0.1) is 11.3 Å². The highest BCUT2D eigenvalue weighted by molar-refractivity contribution is 7.20. The van der Waals surface area contributed by atoms with E-state index in [4.69, 9.17) is 15.9 Å². The number of ether oxygens (including phenoxy) is 1. The monoisotopic (exact) mass is 320 g/mol. The fourth-order valence-corrected chi connectivity index (χ4v) is 3.81. The third kappa shape index (κ3) is 2.62. The van der Waals surface area contributed by atoms with Gasteiger partial charge in [-0.3, -0.25) is 5.41 Å². The van der Waals surface area contributed by atoms with Gasteiger partial charge < -0.3 is 10.5 Å². The van der Waals surface area contributed by atoms with Crippen molar-refractivity contribution in [3.05, 3.63) is 64.0 Å². The molecule has 4 heteroatoms. The summed E-state index contributed by atoms with van der Waals surface area (Å²) in [5.41, 5.74) is 9.20. The van der Waals surface area contributed by atoms with Gasteiger partial charge in [0, 0.05) is 16.5 Å². The summed E-state index contributed by atoms with van der Waals surface area (Å²) in [6.07, 6.45) is 5.23. The van der Waals surface area contributed by atoms with E-state index in [2.05, 4.69) is 36.4 Å². The van der Waals surface area contributed by atoms with Crippen LogP contribution in [-0.2, 0) is 6.42 Å². The van der Waals surface area contributed by atoms with Gasteiger partial charge in [0.15, 0.2) is 0 Å². The smallest absolute Gasteiger partial charge is 0.133 e. The zero-order valence-corrected chi connectivity index (χ0v) is 13.3. The molecule has 2 heterocycles. The van der Waals surface area contributed by atoms with Crippen molar-refractivity contribution in [3.63, 3.8) is 0 Å². The van der Waals surface area contributed by atoms with Crippen molar-refractivity contribution < 1.29 is 4.74 Å². The molecule has 4 rings (SSSR count). The second-order valence-electron chi connectivity index (χ2n) is 5.58. The van der Waals surface area contributed by atoms with Crippen molar-refractivity contribution in [1.82, 2.24) is 0 Å². The van der Waals surface area contributed by atoms with Crippen molar-refractivity contribution in [3.8, 4) is 5.75 Å². The molecule has 1 aliphatic heterocycles. The predicted octanol–water partition coefficient (Wildman–Crippen LogP) is 4.29. The summed E-state index contributed by atoms with van der Waals surface area (Å²) in [5.74, 6) is 1.13. The third-order valence-corrected chi connectivity index (χ3v) is 5.16. The molecule has 0 saturated heterocycles. The average molecular weight is 320 g/mol. The molecule has 23 heavy (non-hydrogen) atoms. The Bertz CT molecular complexity index is 940. The minimum Gasteiger partial charge on any atom is -0.493 e. The molecule has 2 aromatic carbocycles. The van der Waals surface area contributed by atoms with E-state index < -0.39 is 0 Å². The van der Waals surface area contributed by atoms with Crippen LogP contribution in [0.2, 0.25) is 0 Å². The highest BCUT2D eigenvalue weighted by atomic mass is 32.1. The maximum atomic E-state index is 7.60. The molecular formula is C19H16N2OS. The topological polar surface area (TPSA) is 59.1 Å². The van der Waals surface area contributed by atoms with Crippen molar-refractivity contribution in [1.29, 1.82) is 5.41 Å². The van der Waals surface area contributed by atoms with Crippen molar-refractivity contribution in [2.45, 2.75) is 6.42 Å². The third-order valence-electron chi connectivity index (χ3n) is 4.03. The van der Waals surface area contributed by atoms with E-state index in [0.29, 0.717) is 0 Å². The highest BCUT2D eigenvalue weighted by Crippen LogP contribution is 2.30. The lowest BCUT2D eigenvalue weighted by atomic mass is 10.1. The summed E-state index contributed by atoms with van der Waals surface area (Å²) in [7, 11) is 0. The first-order valence-electron chi connectivity index (χ1n) is 7.51. The van der Waals surface area contributed by atoms with Crippen molar-refractivity contribution >= 4 is 39.4 Å². The average Bonchev–Trinajstić information content (AvgIpc) is 3.18. The Balaban J connectivity index is 1.70. The molecule has 3 nitrogen and oxygen atoms in total. The second kappa shape index (κ2) is 5.56. The van der Waals surface area contributed by atoms with Crippen LogP contribution in [-0.4, -0.2) is 12.4 Å². The molecule has 114 valence electrons. The number of rotatable bonds is 3. The van der Waals surface area contributed by atoms with Gasteiger partial charge in [0.25, 0.3) is 0 Å². The molecule has 0 aliphatic carbocycles. The number of nitrogens with two attached hydrogens (primary N) is 1. The van der Waals surface area contributed by atoms with Crippen LogP contribution in [0.4, 0.5) is 0 Å². The molecular weight excluding hydrogens is 304 g/mol. The summed E-state index contributed by atoms with van der Waals surface area (Å²) in [6.45, 7) is 0.782. The highest BCUT2D eigenvalue weighted by Gasteiger charge is 2.11. The molecule has 0 radical (unpaired) electrons. The van der Waals surface area contributed by atoms with E-state index in [1.807, 2.05) is 18.2 Å². The Morgan fingerprint density at radius 1 is 1.17 bits per heavy atom. The van der Waals surface area contributed by atoms with E-state index >= 15 is 0 Å². The van der Waals surface area contributed by atoms with Crippen molar-refractivity contribution in [2.24, 2.45) is 5.73 Å². The van der Waals surface area contributed by atoms with E-state index in [1.165, 1.54) is 11.1 Å². The van der Waals surface area contributed by atoms with Gasteiger partial charge in [-0.05, 0) is 41.0 Å². The molecule has 0 unspecified atom stereocenters. The molecule has 0 fully saturated rings. The van der Waals surface area contributed by atoms with Crippen LogP contribution in [0, 0.1) is 5.41 Å². The zero-order chi connectivity index (χ0) is 15.8. The Labute approximate surface area is 138 Å². The van der Waals surface area contributed by atoms with Crippen LogP contribution in [0.3, 0.4) is 0 Å². The molecule has 1 aliphatic rings. The number of thiophene rings is 1. The largest absolute Gasteiger partial charge is 0.493 e. The van der Waals surface area contributed by atoms with Gasteiger partial charge >= 0.3 is 0 Å². The standard InChI is InChI=1S/C19H16N2OS/c20-19(21)18-11-15-13(2-1-3-17(15)23-18)6-4-12-5-7-16-14(10-12)8-9-22-16/h1-7,10-11H,8-9H2,(H3,20,21). The number of hydrogen-bond acceptors (Lipinski definition) is 3. The number of nitrogens with one attached hydrogen (secondary N) is 1. The van der Waals surface area contributed by atoms with Crippen LogP contribution < -0.4 is 10.5 Å². The number of hydrogen-bond donors (Lipinski definition) is 2. The summed E-state index contributed by atoms with van der Waals surface area (Å²) in [6, 6.07) is 14.5. The van der Waals surface area contributed by atoms with E-state index in [1.54, 1.807) is 11.3 Å². The zero-order valence-electron chi connectivity index (χ0n) is 12.5. The molecule has 0 bridgehead atoms. The number of nitrogen functional groups attached to an aromatic ring is 1. The lowest BCUT2D eigenvalue weighted by molar-refractivity contribution is 0.357. The Morgan fingerprint density at radius 3 is 2.96 bits per heavy atom. The lowest BCUT2D eigenvalue weighted by Gasteiger charge is -2.00. The van der Waals surface area contributed by atoms with E-state index in [9.17, 15) is 0 Å². The fraction of sp³-hybridized carbons (Fsp3) is 0.105. The van der Waals surface area contributed by atoms with Crippen LogP contribution >= 0.6 is 11.3 Å². The maximum absolute atomic E-state index is 7.60. The Kier molecular flexibility index (Phi) is 3.39. The molecule has 3 N–H and O–H groups in total. The van der Waals surface area contributed by atoms with Gasteiger partial charge in [0.2, 0.25) is 0 Å². The summed E-state index contributed by atoms with van der Waals surface area (Å²) < 4.78 is 6.70. The fourth-order valence-electron chi connectivity index (χ4n) is 2.86. The van der Waals surface area contributed by atoms with Gasteiger partial charge in [-0.1, -0.05) is 30.4 Å². The second-order valence-corrected chi connectivity index (χ2v) is 6.67. The lowest BCUT2D eigenvalue weighted by Crippen LogP contribution is -2.08. The van der Waals surface area contributed by atoms with Crippen LogP contribution in [0.5, 0.6) is 5.75 Å². The van der Waals surface area contributed by atoms with Gasteiger partial charge in [-0.25, -0.2) is 0 Å². The normalized spacial score (nSPS) is 13.4. The predicted molar refractivity (Wildman–Crippen MR) is 97.4 cm³/mol. The van der Waals surface area contributed by atoms with E-state index in [0.717, 1.165) is 39.3 Å². The summed E-state index contributed by atoms with van der Waals surface area (Å²) in [4.78, 5) is 0.815. The first kappa shape index (κ1) is 14.0. The summed E-state index contributed by atoms with van der Waals surface area (Å²) >= 11 is 1.56. The summed E-state index contributed by atoms with van der Waals surface area (Å²) in [5, 5.41) is 8.75. The van der Waals surface area contributed by atoms with Crippen LogP contribution in [0.25, 0.3) is 22.2 Å². The molecule has 1 aromatic heterocycles. The molecule has 0 atom stereocenters. The van der Waals surface area contributed by atoms with Gasteiger partial charge in [0.05, 0.1) is 11.5 Å². The molecule has 0 amide bonds. The van der Waals surface area contributed by atoms with Crippen LogP contribution in [0.1, 0.15) is 21.6 Å². The van der Waals surface area contributed by atoms with Gasteiger partial charge in [0.1, 0.15) is 11.6 Å². The van der Waals surface area contributed by atoms with E-state index in [-0.39, 0.29) is 5.84 Å². The van der Waals surface area contributed by atoms with Crippen LogP contribution in [0.15, 0.2) is 42.5 Å². The number of benzene rings is 2. The van der Waals surface area contributed by atoms with Crippen molar-refractivity contribution in [2.75, 3.05) is 6.61 Å². The van der Waals surface area contributed by atoms with Gasteiger partial charge in [-0.2, -0.15) is 0 Å². The molecule has 0 saturated carbocycles. The Hall–Kier alpha value is -2.59. The Morgan fingerprint density at radius 2 is 2.09 bits per heavy atom. The maximum Gasteiger partial charge on any atom is 0.133 e. The minimum absolute atomic E-state index is 0.125. The SMILES string of the molecule is N=C(N)c1cc2c(C=Cc3ccc4c(c3)CCO4)cccc2s1. The number of amidine groups is 1. The first-order valence-corrected chi connectivity index (χ1v) is 8.33. The number of fused-ring (bicyclic) bond motifs is 2. The first-order chi connectivity index (χ1) is 11.2.